The van der Waals surface area contributed by atoms with Gasteiger partial charge in [-0.15, -0.1) is 0 Å². The summed E-state index contributed by atoms with van der Waals surface area (Å²) in [7, 11) is 0. The van der Waals surface area contributed by atoms with E-state index >= 15 is 0 Å². The van der Waals surface area contributed by atoms with Crippen molar-refractivity contribution in [3.05, 3.63) is 131 Å². The number of allylic oxidation sites excluding steroid dienone is 2. The Kier molecular flexibility index (Phi) is 11.9. The number of hydrogen-bond donors (Lipinski definition) is 1. The van der Waals surface area contributed by atoms with Crippen LogP contribution in [0.5, 0.6) is 0 Å². The SMILES string of the molecule is CC[C@H](C)[C@H]1O[C@]2(C=C[C@@H]1C)C[C@@H]1C[C@@H](C/C=C(\C)[C@@H](OC(=O)c3cc4ccccc4o3)[C@@H](C)/C=C/C=C3\CO[C@@H]4[C@H](OC(=O)c5cc6ccccc6o5)C(C)=C[C@@H](C(=O)O1)[C@]34O)O2. The summed E-state index contributed by atoms with van der Waals surface area (Å²) in [6, 6.07) is 17.9. The molecule has 1 N–H and O–H groups in total. The van der Waals surface area contributed by atoms with Crippen LogP contribution in [0.15, 0.2) is 129 Å². The number of benzene rings is 2. The summed E-state index contributed by atoms with van der Waals surface area (Å²) in [5, 5.41) is 14.5. The molecule has 0 unspecified atom stereocenters. The molecular weight excluding hydrogens is 817 g/mol. The van der Waals surface area contributed by atoms with Crippen molar-refractivity contribution in [1.29, 1.82) is 0 Å². The standard InChI is InChI=1S/C52H56O12/c1-7-29(2)45-32(5)21-22-51(64-45)27-38-26-37(63-51)20-19-31(4)44(61-49(54)42-24-34-14-8-10-17-40(34)59-42)30(3)13-12-16-36-28-57-47-46(33(6)23-39(48(53)58-38)52(36,47)56)62-50(55)43-25-35-15-9-11-18-41(35)60-43/h8-19,21-25,29-30,32,37-39,44-47,56H,7,20,26-28H2,1-6H3/b13-12+,31-19+,36-16+/t29-,30-,32-,37+,38-,39-,44-,45+,46+,47+,51+,52+/m0/s1. The van der Waals surface area contributed by atoms with E-state index in [4.69, 9.17) is 37.3 Å². The Morgan fingerprint density at radius 2 is 1.52 bits per heavy atom. The molecule has 2 aromatic carbocycles. The van der Waals surface area contributed by atoms with Gasteiger partial charge in [-0.25, -0.2) is 9.59 Å². The normalized spacial score (nSPS) is 35.6. The average Bonchev–Trinajstić information content (AvgIpc) is 4.01. The van der Waals surface area contributed by atoms with Gasteiger partial charge in [0.25, 0.3) is 0 Å². The molecule has 5 aliphatic rings. The third-order valence-electron chi connectivity index (χ3n) is 13.7. The third-order valence-corrected chi connectivity index (χ3v) is 13.7. The van der Waals surface area contributed by atoms with Crippen LogP contribution in [-0.2, 0) is 33.2 Å². The van der Waals surface area contributed by atoms with Gasteiger partial charge < -0.3 is 42.4 Å². The van der Waals surface area contributed by atoms with E-state index in [1.165, 1.54) is 0 Å². The zero-order chi connectivity index (χ0) is 44.9. The minimum atomic E-state index is -1.98. The summed E-state index contributed by atoms with van der Waals surface area (Å²) in [5.41, 5.74) is 0.812. The lowest BCUT2D eigenvalue weighted by Crippen LogP contribution is -2.59. The van der Waals surface area contributed by atoms with Crippen molar-refractivity contribution in [2.75, 3.05) is 6.61 Å². The molecule has 4 aliphatic heterocycles. The molecule has 0 radical (unpaired) electrons. The molecule has 1 spiro atoms. The van der Waals surface area contributed by atoms with Crippen molar-refractivity contribution in [1.82, 2.24) is 0 Å². The smallest absolute Gasteiger partial charge is 0.374 e. The van der Waals surface area contributed by atoms with Crippen LogP contribution in [0.1, 0.15) is 88.3 Å². The fourth-order valence-electron chi connectivity index (χ4n) is 9.99. The maximum Gasteiger partial charge on any atom is 0.374 e. The van der Waals surface area contributed by atoms with Gasteiger partial charge in [0.15, 0.2) is 11.9 Å². The van der Waals surface area contributed by atoms with Crippen LogP contribution in [0.2, 0.25) is 0 Å². The Bertz CT molecular complexity index is 2520. The van der Waals surface area contributed by atoms with Crippen molar-refractivity contribution in [3.8, 4) is 0 Å². The summed E-state index contributed by atoms with van der Waals surface area (Å²) in [6.07, 6.45) is 10.7. The van der Waals surface area contributed by atoms with Crippen LogP contribution in [0.3, 0.4) is 0 Å². The molecule has 2 bridgehead atoms. The lowest BCUT2D eigenvalue weighted by molar-refractivity contribution is -0.300. The van der Waals surface area contributed by atoms with Gasteiger partial charge in [0, 0.05) is 35.4 Å². The van der Waals surface area contributed by atoms with Crippen molar-refractivity contribution >= 4 is 39.8 Å². The van der Waals surface area contributed by atoms with Crippen LogP contribution >= 0.6 is 0 Å². The lowest BCUT2D eigenvalue weighted by Gasteiger charge is -2.48. The van der Waals surface area contributed by atoms with Crippen LogP contribution in [-0.4, -0.2) is 77.6 Å². The summed E-state index contributed by atoms with van der Waals surface area (Å²) in [4.78, 5) is 42.2. The van der Waals surface area contributed by atoms with E-state index in [-0.39, 0.29) is 48.4 Å². The maximum absolute atomic E-state index is 14.7. The van der Waals surface area contributed by atoms with E-state index in [9.17, 15) is 19.5 Å². The lowest BCUT2D eigenvalue weighted by atomic mass is 9.70. The molecule has 2 fully saturated rings. The van der Waals surface area contributed by atoms with E-state index in [0.29, 0.717) is 35.2 Å². The molecule has 9 rings (SSSR count). The van der Waals surface area contributed by atoms with Crippen LogP contribution in [0.25, 0.3) is 21.9 Å². The van der Waals surface area contributed by atoms with E-state index in [1.807, 2.05) is 68.5 Å². The number of ether oxygens (including phenoxy) is 6. The van der Waals surface area contributed by atoms with Gasteiger partial charge in [-0.3, -0.25) is 4.79 Å². The zero-order valence-corrected chi connectivity index (χ0v) is 37.1. The summed E-state index contributed by atoms with van der Waals surface area (Å²) in [6.45, 7) is 12.0. The molecule has 12 nitrogen and oxygen atoms in total. The maximum atomic E-state index is 14.7. The molecule has 1 aliphatic carbocycles. The van der Waals surface area contributed by atoms with E-state index in [2.05, 4.69) is 26.8 Å². The Morgan fingerprint density at radius 1 is 0.859 bits per heavy atom. The molecule has 2 saturated heterocycles. The second-order valence-corrected chi connectivity index (χ2v) is 18.3. The number of para-hydroxylation sites is 2. The fraction of sp³-hybridized carbons (Fsp3) is 0.442. The molecule has 6 heterocycles. The second kappa shape index (κ2) is 17.5. The van der Waals surface area contributed by atoms with E-state index in [1.54, 1.807) is 49.4 Å². The first-order chi connectivity index (χ1) is 30.7. The number of rotatable bonds is 6. The summed E-state index contributed by atoms with van der Waals surface area (Å²) < 4.78 is 50.6. The summed E-state index contributed by atoms with van der Waals surface area (Å²) >= 11 is 0. The fourth-order valence-corrected chi connectivity index (χ4v) is 9.99. The number of carbonyl (C=O) groups excluding carboxylic acids is 3. The number of fused-ring (bicyclic) bond motifs is 4. The molecule has 0 amide bonds. The van der Waals surface area contributed by atoms with Crippen LogP contribution in [0.4, 0.5) is 0 Å². The highest BCUT2D eigenvalue weighted by Gasteiger charge is 2.61. The van der Waals surface area contributed by atoms with Gasteiger partial charge in [-0.1, -0.05) is 107 Å². The monoisotopic (exact) mass is 872 g/mol. The molecule has 336 valence electrons. The Hall–Kier alpha value is -5.53. The third kappa shape index (κ3) is 8.21. The molecule has 12 atom stereocenters. The van der Waals surface area contributed by atoms with Gasteiger partial charge in [0.05, 0.1) is 18.8 Å². The van der Waals surface area contributed by atoms with Crippen molar-refractivity contribution in [3.63, 3.8) is 0 Å². The molecule has 0 saturated carbocycles. The zero-order valence-electron chi connectivity index (χ0n) is 37.1. The minimum absolute atomic E-state index is 0.00179. The minimum Gasteiger partial charge on any atom is -0.462 e. The van der Waals surface area contributed by atoms with Crippen molar-refractivity contribution in [2.24, 2.45) is 23.7 Å². The predicted molar refractivity (Wildman–Crippen MR) is 237 cm³/mol. The molecule has 12 heteroatoms. The molecule has 2 aromatic heterocycles. The number of hydrogen-bond acceptors (Lipinski definition) is 12. The second-order valence-electron chi connectivity index (χ2n) is 18.3. The van der Waals surface area contributed by atoms with E-state index < -0.39 is 65.7 Å². The first kappa shape index (κ1) is 43.7. The van der Waals surface area contributed by atoms with Crippen LogP contribution < -0.4 is 0 Å². The van der Waals surface area contributed by atoms with Gasteiger partial charge in [0.1, 0.15) is 41.0 Å². The Labute approximate surface area is 372 Å². The van der Waals surface area contributed by atoms with Gasteiger partial charge in [-0.2, -0.15) is 0 Å². The Balaban J connectivity index is 1.08. The number of aliphatic hydroxyl groups is 1. The van der Waals surface area contributed by atoms with Crippen molar-refractivity contribution in [2.45, 2.75) is 115 Å². The Morgan fingerprint density at radius 3 is 2.17 bits per heavy atom. The van der Waals surface area contributed by atoms with E-state index in [0.717, 1.165) is 22.8 Å². The highest BCUT2D eigenvalue weighted by molar-refractivity contribution is 5.93. The molecule has 4 aromatic rings. The van der Waals surface area contributed by atoms with Crippen LogP contribution in [0, 0.1) is 23.7 Å². The van der Waals surface area contributed by atoms with Crippen molar-refractivity contribution < 1.29 is 56.7 Å². The van der Waals surface area contributed by atoms with Gasteiger partial charge >= 0.3 is 17.9 Å². The first-order valence-electron chi connectivity index (χ1n) is 22.5. The number of furan rings is 2. The summed E-state index contributed by atoms with van der Waals surface area (Å²) in [5.74, 6) is -4.31. The van der Waals surface area contributed by atoms with Gasteiger partial charge in [0.2, 0.25) is 11.5 Å². The number of carbonyl (C=O) groups is 3. The number of esters is 3. The molecular formula is C52H56O12. The highest BCUT2D eigenvalue weighted by Crippen LogP contribution is 2.48. The molecule has 64 heavy (non-hydrogen) atoms. The predicted octanol–water partition coefficient (Wildman–Crippen LogP) is 9.53. The van der Waals surface area contributed by atoms with Gasteiger partial charge in [-0.05, 0) is 73.2 Å². The first-order valence-corrected chi connectivity index (χ1v) is 22.5. The average molecular weight is 873 g/mol. The highest BCUT2D eigenvalue weighted by atomic mass is 16.7. The topological polar surface area (TPSA) is 153 Å². The quantitative estimate of drug-likeness (QED) is 0.112. The largest absolute Gasteiger partial charge is 0.462 e.